The molecule has 0 amide bonds. The van der Waals surface area contributed by atoms with E-state index in [9.17, 15) is 0 Å². The van der Waals surface area contributed by atoms with E-state index in [0.717, 1.165) is 18.7 Å². The Balaban J connectivity index is 2.58. The predicted octanol–water partition coefficient (Wildman–Crippen LogP) is 1.83. The zero-order valence-electron chi connectivity index (χ0n) is 8.29. The Morgan fingerprint density at radius 2 is 1.92 bits per heavy atom. The lowest BCUT2D eigenvalue weighted by Gasteiger charge is -2.08. The van der Waals surface area contributed by atoms with Crippen LogP contribution in [0.5, 0.6) is 5.75 Å². The summed E-state index contributed by atoms with van der Waals surface area (Å²) in [5.41, 5.74) is 6.87. The molecule has 0 bridgehead atoms. The largest absolute Gasteiger partial charge is 0.497 e. The van der Waals surface area contributed by atoms with E-state index in [2.05, 4.69) is 19.1 Å². The summed E-state index contributed by atoms with van der Waals surface area (Å²) >= 11 is 0. The minimum atomic E-state index is 0.549. The number of hydrogen-bond acceptors (Lipinski definition) is 2. The Morgan fingerprint density at radius 1 is 1.31 bits per heavy atom. The SMILES string of the molecule is COc1ccc(C[C@H](C)CN)cc1. The zero-order chi connectivity index (χ0) is 9.68. The van der Waals surface area contributed by atoms with Crippen LogP contribution in [-0.4, -0.2) is 13.7 Å². The van der Waals surface area contributed by atoms with Crippen LogP contribution in [0.25, 0.3) is 0 Å². The summed E-state index contributed by atoms with van der Waals surface area (Å²) in [5, 5.41) is 0. The van der Waals surface area contributed by atoms with Gasteiger partial charge in [-0.25, -0.2) is 0 Å². The molecule has 0 saturated heterocycles. The highest BCUT2D eigenvalue weighted by molar-refractivity contribution is 5.27. The van der Waals surface area contributed by atoms with Crippen LogP contribution in [0.4, 0.5) is 0 Å². The maximum absolute atomic E-state index is 5.55. The summed E-state index contributed by atoms with van der Waals surface area (Å²) in [6, 6.07) is 8.15. The van der Waals surface area contributed by atoms with Gasteiger partial charge in [0.25, 0.3) is 0 Å². The number of ether oxygens (including phenoxy) is 1. The van der Waals surface area contributed by atoms with Gasteiger partial charge in [-0.1, -0.05) is 19.1 Å². The maximum atomic E-state index is 5.55. The molecule has 1 aromatic carbocycles. The van der Waals surface area contributed by atoms with Crippen molar-refractivity contribution in [2.24, 2.45) is 11.7 Å². The van der Waals surface area contributed by atoms with Gasteiger partial charge in [0, 0.05) is 0 Å². The molecule has 2 nitrogen and oxygen atoms in total. The molecular formula is C11H17NO. The Morgan fingerprint density at radius 3 is 2.38 bits per heavy atom. The lowest BCUT2D eigenvalue weighted by atomic mass is 10.0. The number of rotatable bonds is 4. The highest BCUT2D eigenvalue weighted by Gasteiger charge is 2.00. The molecular weight excluding hydrogens is 162 g/mol. The van der Waals surface area contributed by atoms with E-state index in [1.165, 1.54) is 5.56 Å². The first-order valence-corrected chi connectivity index (χ1v) is 4.59. The second-order valence-electron chi connectivity index (χ2n) is 3.39. The van der Waals surface area contributed by atoms with Gasteiger partial charge in [0.05, 0.1) is 7.11 Å². The van der Waals surface area contributed by atoms with Gasteiger partial charge in [0.15, 0.2) is 0 Å². The summed E-state index contributed by atoms with van der Waals surface area (Å²) in [6.45, 7) is 2.90. The van der Waals surface area contributed by atoms with E-state index in [0.29, 0.717) is 5.92 Å². The molecule has 1 rings (SSSR count). The molecule has 0 heterocycles. The van der Waals surface area contributed by atoms with Crippen LogP contribution in [0.15, 0.2) is 24.3 Å². The molecule has 0 fully saturated rings. The predicted molar refractivity (Wildman–Crippen MR) is 54.9 cm³/mol. The quantitative estimate of drug-likeness (QED) is 0.765. The van der Waals surface area contributed by atoms with Crippen molar-refractivity contribution in [2.75, 3.05) is 13.7 Å². The number of benzene rings is 1. The molecule has 2 N–H and O–H groups in total. The van der Waals surface area contributed by atoms with E-state index in [-0.39, 0.29) is 0 Å². The summed E-state index contributed by atoms with van der Waals surface area (Å²) in [6.07, 6.45) is 1.04. The molecule has 0 aliphatic heterocycles. The molecule has 0 aliphatic rings. The average Bonchev–Trinajstić information content (AvgIpc) is 2.19. The minimum absolute atomic E-state index is 0.549. The van der Waals surface area contributed by atoms with Crippen LogP contribution in [0, 0.1) is 5.92 Å². The molecule has 1 atom stereocenters. The molecule has 0 saturated carbocycles. The third-order valence-corrected chi connectivity index (χ3v) is 2.15. The van der Waals surface area contributed by atoms with E-state index in [4.69, 9.17) is 10.5 Å². The van der Waals surface area contributed by atoms with Crippen molar-refractivity contribution >= 4 is 0 Å². The van der Waals surface area contributed by atoms with E-state index >= 15 is 0 Å². The Hall–Kier alpha value is -1.02. The van der Waals surface area contributed by atoms with Crippen LogP contribution < -0.4 is 10.5 Å². The van der Waals surface area contributed by atoms with Crippen molar-refractivity contribution in [1.82, 2.24) is 0 Å². The van der Waals surface area contributed by atoms with Crippen molar-refractivity contribution < 1.29 is 4.74 Å². The topological polar surface area (TPSA) is 35.2 Å². The summed E-state index contributed by atoms with van der Waals surface area (Å²) in [7, 11) is 1.68. The third-order valence-electron chi connectivity index (χ3n) is 2.15. The van der Waals surface area contributed by atoms with Gasteiger partial charge in [0.2, 0.25) is 0 Å². The van der Waals surface area contributed by atoms with Crippen molar-refractivity contribution in [3.05, 3.63) is 29.8 Å². The highest BCUT2D eigenvalue weighted by atomic mass is 16.5. The van der Waals surface area contributed by atoms with Gasteiger partial charge in [-0.2, -0.15) is 0 Å². The maximum Gasteiger partial charge on any atom is 0.118 e. The van der Waals surface area contributed by atoms with Crippen molar-refractivity contribution in [3.63, 3.8) is 0 Å². The number of hydrogen-bond donors (Lipinski definition) is 1. The highest BCUT2D eigenvalue weighted by Crippen LogP contribution is 2.13. The molecule has 0 spiro atoms. The van der Waals surface area contributed by atoms with Crippen LogP contribution >= 0.6 is 0 Å². The Labute approximate surface area is 79.7 Å². The van der Waals surface area contributed by atoms with Gasteiger partial charge in [-0.05, 0) is 36.6 Å². The molecule has 13 heavy (non-hydrogen) atoms. The van der Waals surface area contributed by atoms with Crippen molar-refractivity contribution in [3.8, 4) is 5.75 Å². The number of methoxy groups -OCH3 is 1. The molecule has 0 radical (unpaired) electrons. The lowest BCUT2D eigenvalue weighted by Crippen LogP contribution is -2.12. The summed E-state index contributed by atoms with van der Waals surface area (Å²) < 4.78 is 5.08. The minimum Gasteiger partial charge on any atom is -0.497 e. The molecule has 0 unspecified atom stereocenters. The van der Waals surface area contributed by atoms with Gasteiger partial charge in [0.1, 0.15) is 5.75 Å². The van der Waals surface area contributed by atoms with Gasteiger partial charge in [-0.15, -0.1) is 0 Å². The fourth-order valence-electron chi connectivity index (χ4n) is 1.25. The fraction of sp³-hybridized carbons (Fsp3) is 0.455. The first kappa shape index (κ1) is 10.1. The second kappa shape index (κ2) is 4.87. The molecule has 0 aliphatic carbocycles. The normalized spacial score (nSPS) is 12.5. The lowest BCUT2D eigenvalue weighted by molar-refractivity contribution is 0.414. The molecule has 1 aromatic rings. The summed E-state index contributed by atoms with van der Waals surface area (Å²) in [5.74, 6) is 1.46. The third kappa shape index (κ3) is 3.07. The van der Waals surface area contributed by atoms with Crippen LogP contribution in [0.1, 0.15) is 12.5 Å². The van der Waals surface area contributed by atoms with Gasteiger partial charge in [-0.3, -0.25) is 0 Å². The Bertz CT molecular complexity index is 243. The van der Waals surface area contributed by atoms with Crippen molar-refractivity contribution in [2.45, 2.75) is 13.3 Å². The first-order chi connectivity index (χ1) is 6.26. The summed E-state index contributed by atoms with van der Waals surface area (Å²) in [4.78, 5) is 0. The standard InChI is InChI=1S/C11H17NO/c1-9(8-12)7-10-3-5-11(13-2)6-4-10/h3-6,9H,7-8,12H2,1-2H3/t9-/m0/s1. The van der Waals surface area contributed by atoms with Crippen LogP contribution in [-0.2, 0) is 6.42 Å². The van der Waals surface area contributed by atoms with E-state index < -0.39 is 0 Å². The first-order valence-electron chi connectivity index (χ1n) is 4.59. The van der Waals surface area contributed by atoms with E-state index in [1.54, 1.807) is 7.11 Å². The van der Waals surface area contributed by atoms with Crippen LogP contribution in [0.3, 0.4) is 0 Å². The second-order valence-corrected chi connectivity index (χ2v) is 3.39. The smallest absolute Gasteiger partial charge is 0.118 e. The molecule has 2 heteroatoms. The van der Waals surface area contributed by atoms with Crippen molar-refractivity contribution in [1.29, 1.82) is 0 Å². The monoisotopic (exact) mass is 179 g/mol. The fourth-order valence-corrected chi connectivity index (χ4v) is 1.25. The Kier molecular flexibility index (Phi) is 3.77. The van der Waals surface area contributed by atoms with Gasteiger partial charge >= 0.3 is 0 Å². The average molecular weight is 179 g/mol. The van der Waals surface area contributed by atoms with E-state index in [1.807, 2.05) is 12.1 Å². The number of nitrogens with two attached hydrogens (primary N) is 1. The zero-order valence-corrected chi connectivity index (χ0v) is 8.29. The molecule has 0 aromatic heterocycles. The van der Waals surface area contributed by atoms with Crippen LogP contribution in [0.2, 0.25) is 0 Å². The molecule has 72 valence electrons. The van der Waals surface area contributed by atoms with Gasteiger partial charge < -0.3 is 10.5 Å².